The van der Waals surface area contributed by atoms with Crippen molar-refractivity contribution >= 4 is 41.4 Å². The van der Waals surface area contributed by atoms with Gasteiger partial charge in [0.1, 0.15) is 5.37 Å². The van der Waals surface area contributed by atoms with Crippen LogP contribution in [-0.4, -0.2) is 42.8 Å². The molecule has 0 aliphatic carbocycles. The minimum Gasteiger partial charge on any atom is -0.465 e. The number of esters is 2. The number of ether oxygens (including phenoxy) is 2. The summed E-state index contributed by atoms with van der Waals surface area (Å²) < 4.78 is 9.82. The lowest BCUT2D eigenvalue weighted by molar-refractivity contribution is 0.0588. The average Bonchev–Trinajstić information content (AvgIpc) is 3.13. The van der Waals surface area contributed by atoms with Gasteiger partial charge in [-0.2, -0.15) is 0 Å². The first-order valence-electron chi connectivity index (χ1n) is 10.1. The SMILES string of the molecule is COC(=O)c1ccccc1SCN1C(=O)c2ccccc2C1Sc1ccccc1C(=O)OC. The summed E-state index contributed by atoms with van der Waals surface area (Å²) in [5.41, 5.74) is 2.42. The van der Waals surface area contributed by atoms with Crippen LogP contribution in [0, 0.1) is 0 Å². The van der Waals surface area contributed by atoms with Gasteiger partial charge in [0.05, 0.1) is 31.2 Å². The fraction of sp³-hybridized carbons (Fsp3) is 0.160. The van der Waals surface area contributed by atoms with Crippen LogP contribution in [0.4, 0.5) is 0 Å². The van der Waals surface area contributed by atoms with E-state index in [1.54, 1.807) is 29.2 Å². The van der Waals surface area contributed by atoms with Crippen LogP contribution in [-0.2, 0) is 9.47 Å². The van der Waals surface area contributed by atoms with Gasteiger partial charge in [-0.1, -0.05) is 54.2 Å². The van der Waals surface area contributed by atoms with Gasteiger partial charge < -0.3 is 14.4 Å². The summed E-state index contributed by atoms with van der Waals surface area (Å²) in [5.74, 6) is -0.628. The van der Waals surface area contributed by atoms with Crippen molar-refractivity contribution in [2.24, 2.45) is 0 Å². The molecular formula is C25H21NO5S2. The van der Waals surface area contributed by atoms with E-state index in [4.69, 9.17) is 9.47 Å². The quantitative estimate of drug-likeness (QED) is 0.338. The first-order valence-corrected chi connectivity index (χ1v) is 12.0. The molecule has 168 valence electrons. The molecule has 0 saturated heterocycles. The Labute approximate surface area is 200 Å². The van der Waals surface area contributed by atoms with Gasteiger partial charge in [0.2, 0.25) is 0 Å². The third-order valence-corrected chi connectivity index (χ3v) is 7.60. The first kappa shape index (κ1) is 22.9. The van der Waals surface area contributed by atoms with Gasteiger partial charge >= 0.3 is 11.9 Å². The Balaban J connectivity index is 1.65. The van der Waals surface area contributed by atoms with Crippen LogP contribution in [0.3, 0.4) is 0 Å². The fourth-order valence-electron chi connectivity index (χ4n) is 3.57. The van der Waals surface area contributed by atoms with Crippen LogP contribution in [0.25, 0.3) is 0 Å². The number of methoxy groups -OCH3 is 2. The number of carbonyl (C=O) groups excluding carboxylic acids is 3. The number of fused-ring (bicyclic) bond motifs is 1. The van der Waals surface area contributed by atoms with E-state index in [0.717, 1.165) is 15.4 Å². The molecule has 4 rings (SSSR count). The zero-order valence-electron chi connectivity index (χ0n) is 18.0. The van der Waals surface area contributed by atoms with E-state index in [1.165, 1.54) is 37.7 Å². The molecule has 1 heterocycles. The second-order valence-electron chi connectivity index (χ2n) is 7.08. The molecule has 0 fully saturated rings. The highest BCUT2D eigenvalue weighted by Crippen LogP contribution is 2.46. The van der Waals surface area contributed by atoms with Gasteiger partial charge in [-0.3, -0.25) is 4.79 Å². The second-order valence-corrected chi connectivity index (χ2v) is 9.19. The van der Waals surface area contributed by atoms with E-state index in [-0.39, 0.29) is 11.3 Å². The number of benzene rings is 3. The zero-order chi connectivity index (χ0) is 23.4. The fourth-order valence-corrected chi connectivity index (χ4v) is 5.99. The predicted molar refractivity (Wildman–Crippen MR) is 127 cm³/mol. The molecule has 0 spiro atoms. The Hall–Kier alpha value is -3.23. The molecule has 8 heteroatoms. The van der Waals surface area contributed by atoms with E-state index in [2.05, 4.69) is 0 Å². The van der Waals surface area contributed by atoms with E-state index in [0.29, 0.717) is 22.6 Å². The molecule has 0 radical (unpaired) electrons. The average molecular weight is 480 g/mol. The summed E-state index contributed by atoms with van der Waals surface area (Å²) in [5, 5.41) is -0.336. The van der Waals surface area contributed by atoms with Crippen molar-refractivity contribution in [1.82, 2.24) is 4.90 Å². The maximum Gasteiger partial charge on any atom is 0.338 e. The van der Waals surface area contributed by atoms with Crippen molar-refractivity contribution in [2.45, 2.75) is 15.2 Å². The lowest BCUT2D eigenvalue weighted by Gasteiger charge is -2.25. The van der Waals surface area contributed by atoms with Crippen molar-refractivity contribution in [3.63, 3.8) is 0 Å². The number of carbonyl (C=O) groups is 3. The Morgan fingerprint density at radius 2 is 1.36 bits per heavy atom. The monoisotopic (exact) mass is 479 g/mol. The van der Waals surface area contributed by atoms with Gasteiger partial charge in [0.15, 0.2) is 0 Å². The topological polar surface area (TPSA) is 72.9 Å². The zero-order valence-corrected chi connectivity index (χ0v) is 19.7. The number of hydrogen-bond donors (Lipinski definition) is 0. The number of rotatable bonds is 7. The molecule has 33 heavy (non-hydrogen) atoms. The smallest absolute Gasteiger partial charge is 0.338 e. The minimum absolute atomic E-state index is 0.0956. The van der Waals surface area contributed by atoms with Gasteiger partial charge in [0.25, 0.3) is 5.91 Å². The lowest BCUT2D eigenvalue weighted by atomic mass is 10.1. The standard InChI is InChI=1S/C25H21NO5S2/c1-30-24(28)18-11-5-7-13-20(18)32-15-26-22(27)16-9-3-4-10-17(16)23(26)33-21-14-8-6-12-19(21)25(29)31-2/h3-14,23H,15H2,1-2H3. The maximum atomic E-state index is 13.3. The Kier molecular flexibility index (Phi) is 7.05. The molecule has 0 saturated carbocycles. The summed E-state index contributed by atoms with van der Waals surface area (Å²) in [6.45, 7) is 0. The third kappa shape index (κ3) is 4.62. The third-order valence-electron chi connectivity index (χ3n) is 5.18. The molecule has 1 amide bonds. The number of thioether (sulfide) groups is 2. The van der Waals surface area contributed by atoms with Crippen molar-refractivity contribution in [2.75, 3.05) is 20.1 Å². The molecule has 1 aliphatic heterocycles. The van der Waals surface area contributed by atoms with Crippen molar-refractivity contribution in [3.05, 3.63) is 95.1 Å². The highest BCUT2D eigenvalue weighted by atomic mass is 32.2. The maximum absolute atomic E-state index is 13.3. The van der Waals surface area contributed by atoms with E-state index in [9.17, 15) is 14.4 Å². The summed E-state index contributed by atoms with van der Waals surface area (Å²) in [7, 11) is 2.69. The van der Waals surface area contributed by atoms with E-state index >= 15 is 0 Å². The van der Waals surface area contributed by atoms with Gasteiger partial charge in [-0.15, -0.1) is 11.8 Å². The molecule has 0 bridgehead atoms. The lowest BCUT2D eigenvalue weighted by Crippen LogP contribution is -2.26. The highest BCUT2D eigenvalue weighted by Gasteiger charge is 2.37. The van der Waals surface area contributed by atoms with Crippen LogP contribution < -0.4 is 0 Å². The van der Waals surface area contributed by atoms with Crippen LogP contribution in [0.2, 0.25) is 0 Å². The van der Waals surface area contributed by atoms with Crippen molar-refractivity contribution in [1.29, 1.82) is 0 Å². The van der Waals surface area contributed by atoms with E-state index < -0.39 is 11.9 Å². The normalized spacial score (nSPS) is 14.7. The van der Waals surface area contributed by atoms with Crippen LogP contribution in [0.1, 0.15) is 42.0 Å². The molecular weight excluding hydrogens is 458 g/mol. The predicted octanol–water partition coefficient (Wildman–Crippen LogP) is 5.26. The van der Waals surface area contributed by atoms with Crippen LogP contribution >= 0.6 is 23.5 Å². The van der Waals surface area contributed by atoms with E-state index in [1.807, 2.05) is 48.5 Å². The Morgan fingerprint density at radius 1 is 0.818 bits per heavy atom. The molecule has 3 aromatic carbocycles. The van der Waals surface area contributed by atoms with Gasteiger partial charge in [-0.05, 0) is 35.9 Å². The number of hydrogen-bond acceptors (Lipinski definition) is 7. The summed E-state index contributed by atoms with van der Waals surface area (Å²) in [4.78, 5) is 40.9. The number of amides is 1. The van der Waals surface area contributed by atoms with Crippen molar-refractivity contribution in [3.8, 4) is 0 Å². The van der Waals surface area contributed by atoms with Gasteiger partial charge in [0, 0.05) is 15.4 Å². The molecule has 1 unspecified atom stereocenters. The summed E-state index contributed by atoms with van der Waals surface area (Å²) in [6, 6.07) is 21.8. The van der Waals surface area contributed by atoms with Crippen LogP contribution in [0.5, 0.6) is 0 Å². The van der Waals surface area contributed by atoms with Crippen molar-refractivity contribution < 1.29 is 23.9 Å². The second kappa shape index (κ2) is 10.1. The highest BCUT2D eigenvalue weighted by molar-refractivity contribution is 8.00. The largest absolute Gasteiger partial charge is 0.465 e. The molecule has 6 nitrogen and oxygen atoms in total. The molecule has 1 atom stereocenters. The Bertz CT molecular complexity index is 1210. The summed E-state index contributed by atoms with van der Waals surface area (Å²) >= 11 is 2.82. The Morgan fingerprint density at radius 3 is 2.03 bits per heavy atom. The molecule has 3 aromatic rings. The molecule has 0 aromatic heterocycles. The van der Waals surface area contributed by atoms with Crippen LogP contribution in [0.15, 0.2) is 82.6 Å². The number of nitrogens with zero attached hydrogens (tertiary/aromatic N) is 1. The van der Waals surface area contributed by atoms with Gasteiger partial charge in [-0.25, -0.2) is 9.59 Å². The molecule has 0 N–H and O–H groups in total. The summed E-state index contributed by atoms with van der Waals surface area (Å²) in [6.07, 6.45) is 0. The first-order chi connectivity index (χ1) is 16.0. The molecule has 1 aliphatic rings. The minimum atomic E-state index is -0.427.